The molecule has 0 aliphatic rings. The zero-order valence-electron chi connectivity index (χ0n) is 10.9. The first kappa shape index (κ1) is 16.0. The highest BCUT2D eigenvalue weighted by atomic mass is 79.9. The Bertz CT molecular complexity index is 656. The van der Waals surface area contributed by atoms with Gasteiger partial charge in [-0.1, -0.05) is 27.5 Å². The first-order chi connectivity index (χ1) is 9.95. The van der Waals surface area contributed by atoms with Crippen LogP contribution in [0.2, 0.25) is 4.34 Å². The van der Waals surface area contributed by atoms with Crippen molar-refractivity contribution in [1.82, 2.24) is 0 Å². The Balaban J connectivity index is 1.93. The second-order valence-corrected chi connectivity index (χ2v) is 6.78. The number of nitrogens with one attached hydrogen (secondary N) is 1. The Morgan fingerprint density at radius 3 is 2.48 bits per heavy atom. The lowest BCUT2D eigenvalue weighted by Gasteiger charge is -2.13. The largest absolute Gasteiger partial charge is 0.448 e. The number of benzene rings is 1. The molecule has 4 nitrogen and oxygen atoms in total. The molecule has 0 aliphatic heterocycles. The van der Waals surface area contributed by atoms with Crippen molar-refractivity contribution in [2.75, 3.05) is 5.32 Å². The summed E-state index contributed by atoms with van der Waals surface area (Å²) in [6.07, 6.45) is -0.901. The zero-order valence-corrected chi connectivity index (χ0v) is 14.1. The maximum atomic E-state index is 11.9. The fraction of sp³-hybridized carbons (Fsp3) is 0.143. The van der Waals surface area contributed by atoms with Gasteiger partial charge in [-0.05, 0) is 43.3 Å². The number of halogens is 2. The fourth-order valence-electron chi connectivity index (χ4n) is 1.47. The number of rotatable bonds is 4. The first-order valence-corrected chi connectivity index (χ1v) is 7.97. The molecule has 0 saturated carbocycles. The summed E-state index contributed by atoms with van der Waals surface area (Å²) in [4.78, 5) is 24.1. The average molecular weight is 389 g/mol. The van der Waals surface area contributed by atoms with Crippen LogP contribution in [0.3, 0.4) is 0 Å². The molecule has 7 heteroatoms. The van der Waals surface area contributed by atoms with Crippen molar-refractivity contribution in [1.29, 1.82) is 0 Å². The third-order valence-corrected chi connectivity index (χ3v) is 4.28. The molecule has 0 fully saturated rings. The molecule has 21 heavy (non-hydrogen) atoms. The molecule has 1 unspecified atom stereocenters. The van der Waals surface area contributed by atoms with E-state index in [4.69, 9.17) is 16.3 Å². The number of hydrogen-bond acceptors (Lipinski definition) is 4. The standard InChI is InChI=1S/C14H11BrClNO3S/c1-8(20-14(19)11-6-7-12(16)21-11)13(18)17-10-4-2-9(15)3-5-10/h2-8H,1H3,(H,17,18). The Kier molecular flexibility index (Phi) is 5.39. The van der Waals surface area contributed by atoms with Crippen LogP contribution in [0.15, 0.2) is 40.9 Å². The van der Waals surface area contributed by atoms with Gasteiger partial charge in [-0.2, -0.15) is 0 Å². The van der Waals surface area contributed by atoms with Crippen LogP contribution in [-0.2, 0) is 9.53 Å². The Labute approximate surface area is 139 Å². The van der Waals surface area contributed by atoms with Gasteiger partial charge in [0.2, 0.25) is 0 Å². The van der Waals surface area contributed by atoms with E-state index in [-0.39, 0.29) is 0 Å². The van der Waals surface area contributed by atoms with Crippen molar-refractivity contribution >= 4 is 56.4 Å². The zero-order chi connectivity index (χ0) is 15.4. The SMILES string of the molecule is CC(OC(=O)c1ccc(Cl)s1)C(=O)Nc1ccc(Br)cc1. The number of anilines is 1. The third kappa shape index (κ3) is 4.56. The molecule has 0 aliphatic carbocycles. The van der Waals surface area contributed by atoms with Gasteiger partial charge in [-0.25, -0.2) is 4.79 Å². The van der Waals surface area contributed by atoms with Crippen LogP contribution in [0.25, 0.3) is 0 Å². The fourth-order valence-corrected chi connectivity index (χ4v) is 2.66. The van der Waals surface area contributed by atoms with Gasteiger partial charge in [0.15, 0.2) is 6.10 Å². The molecule has 1 atom stereocenters. The average Bonchev–Trinajstić information content (AvgIpc) is 2.88. The molecule has 0 bridgehead atoms. The first-order valence-electron chi connectivity index (χ1n) is 5.98. The molecule has 2 aromatic rings. The van der Waals surface area contributed by atoms with Crippen LogP contribution in [0, 0.1) is 0 Å². The predicted octanol–water partition coefficient (Wildman–Crippen LogP) is 4.35. The van der Waals surface area contributed by atoms with Crippen molar-refractivity contribution < 1.29 is 14.3 Å². The van der Waals surface area contributed by atoms with Gasteiger partial charge >= 0.3 is 5.97 Å². The lowest BCUT2D eigenvalue weighted by molar-refractivity contribution is -0.123. The van der Waals surface area contributed by atoms with E-state index in [1.54, 1.807) is 36.4 Å². The summed E-state index contributed by atoms with van der Waals surface area (Å²) in [5, 5.41) is 2.67. The molecule has 1 N–H and O–H groups in total. The molecule has 2 rings (SSSR count). The van der Waals surface area contributed by atoms with E-state index in [0.29, 0.717) is 14.9 Å². The van der Waals surface area contributed by atoms with Gasteiger partial charge < -0.3 is 10.1 Å². The Hall–Kier alpha value is -1.37. The molecule has 0 spiro atoms. The highest BCUT2D eigenvalue weighted by Gasteiger charge is 2.20. The lowest BCUT2D eigenvalue weighted by atomic mass is 10.3. The normalized spacial score (nSPS) is 11.8. The summed E-state index contributed by atoms with van der Waals surface area (Å²) in [6, 6.07) is 10.3. The van der Waals surface area contributed by atoms with Gasteiger partial charge in [-0.3, -0.25) is 4.79 Å². The van der Waals surface area contributed by atoms with Crippen LogP contribution in [-0.4, -0.2) is 18.0 Å². The number of amides is 1. The Morgan fingerprint density at radius 2 is 1.90 bits per heavy atom. The summed E-state index contributed by atoms with van der Waals surface area (Å²) >= 11 is 10.2. The second kappa shape index (κ2) is 7.06. The van der Waals surface area contributed by atoms with Gasteiger partial charge in [0, 0.05) is 10.2 Å². The molecular formula is C14H11BrClNO3S. The van der Waals surface area contributed by atoms with Gasteiger partial charge in [0.05, 0.1) is 4.34 Å². The minimum Gasteiger partial charge on any atom is -0.448 e. The number of hydrogen-bond donors (Lipinski definition) is 1. The van der Waals surface area contributed by atoms with Crippen LogP contribution in [0.1, 0.15) is 16.6 Å². The summed E-state index contributed by atoms with van der Waals surface area (Å²) in [7, 11) is 0. The lowest BCUT2D eigenvalue weighted by Crippen LogP contribution is -2.29. The van der Waals surface area contributed by atoms with E-state index in [2.05, 4.69) is 21.2 Å². The van der Waals surface area contributed by atoms with E-state index in [9.17, 15) is 9.59 Å². The molecule has 0 radical (unpaired) electrons. The number of carbonyl (C=O) groups is 2. The van der Waals surface area contributed by atoms with Crippen LogP contribution in [0.4, 0.5) is 5.69 Å². The summed E-state index contributed by atoms with van der Waals surface area (Å²) < 4.78 is 6.50. The van der Waals surface area contributed by atoms with Crippen molar-refractivity contribution in [2.45, 2.75) is 13.0 Å². The maximum absolute atomic E-state index is 11.9. The van der Waals surface area contributed by atoms with Crippen molar-refractivity contribution in [3.05, 3.63) is 50.1 Å². The van der Waals surface area contributed by atoms with Crippen molar-refractivity contribution in [2.24, 2.45) is 0 Å². The summed E-state index contributed by atoms with van der Waals surface area (Å²) in [6.45, 7) is 1.52. The number of carbonyl (C=O) groups excluding carboxylic acids is 2. The molecule has 1 heterocycles. The van der Waals surface area contributed by atoms with E-state index >= 15 is 0 Å². The number of thiophene rings is 1. The highest BCUT2D eigenvalue weighted by molar-refractivity contribution is 9.10. The second-order valence-electron chi connectivity index (χ2n) is 4.15. The minimum absolute atomic E-state index is 0.364. The molecule has 0 saturated heterocycles. The van der Waals surface area contributed by atoms with E-state index in [1.807, 2.05) is 0 Å². The third-order valence-electron chi connectivity index (χ3n) is 2.54. The summed E-state index contributed by atoms with van der Waals surface area (Å²) in [5.74, 6) is -0.960. The van der Waals surface area contributed by atoms with Crippen LogP contribution < -0.4 is 5.32 Å². The van der Waals surface area contributed by atoms with Crippen molar-refractivity contribution in [3.63, 3.8) is 0 Å². The van der Waals surface area contributed by atoms with E-state index in [1.165, 1.54) is 6.92 Å². The molecule has 1 aromatic heterocycles. The van der Waals surface area contributed by atoms with Gasteiger partial charge in [-0.15, -0.1) is 11.3 Å². The highest BCUT2D eigenvalue weighted by Crippen LogP contribution is 2.22. The summed E-state index contributed by atoms with van der Waals surface area (Å²) in [5.41, 5.74) is 0.630. The van der Waals surface area contributed by atoms with Crippen LogP contribution >= 0.6 is 38.9 Å². The molecular weight excluding hydrogens is 378 g/mol. The van der Waals surface area contributed by atoms with Gasteiger partial charge in [0.1, 0.15) is 4.88 Å². The number of esters is 1. The quantitative estimate of drug-likeness (QED) is 0.792. The predicted molar refractivity (Wildman–Crippen MR) is 87.0 cm³/mol. The van der Waals surface area contributed by atoms with E-state index < -0.39 is 18.0 Å². The van der Waals surface area contributed by atoms with Crippen LogP contribution in [0.5, 0.6) is 0 Å². The molecule has 110 valence electrons. The van der Waals surface area contributed by atoms with Crippen molar-refractivity contribution in [3.8, 4) is 0 Å². The monoisotopic (exact) mass is 387 g/mol. The Morgan fingerprint density at radius 1 is 1.24 bits per heavy atom. The van der Waals surface area contributed by atoms with Gasteiger partial charge in [0.25, 0.3) is 5.91 Å². The topological polar surface area (TPSA) is 55.4 Å². The number of ether oxygens (including phenoxy) is 1. The van der Waals surface area contributed by atoms with E-state index in [0.717, 1.165) is 15.8 Å². The molecule has 1 aromatic carbocycles. The maximum Gasteiger partial charge on any atom is 0.349 e. The molecule has 1 amide bonds. The smallest absolute Gasteiger partial charge is 0.349 e. The minimum atomic E-state index is -0.901.